The van der Waals surface area contributed by atoms with Crippen molar-refractivity contribution in [2.75, 3.05) is 12.4 Å². The molecule has 0 saturated heterocycles. The molecule has 1 N–H and O–H groups in total. The Hall–Kier alpha value is -2.00. The van der Waals surface area contributed by atoms with Gasteiger partial charge in [0.15, 0.2) is 0 Å². The largest absolute Gasteiger partial charge is 0.496 e. The number of rotatable bonds is 4. The number of ether oxygens (including phenoxy) is 1. The van der Waals surface area contributed by atoms with Crippen LogP contribution >= 0.6 is 11.6 Å². The average molecular weight is 318 g/mol. The Morgan fingerprint density at radius 3 is 2.55 bits per heavy atom. The van der Waals surface area contributed by atoms with Gasteiger partial charge in [0.1, 0.15) is 5.75 Å². The number of amides is 1. The van der Waals surface area contributed by atoms with E-state index >= 15 is 0 Å². The number of hydrogen-bond acceptors (Lipinski definition) is 2. The zero-order valence-electron chi connectivity index (χ0n) is 13.2. The van der Waals surface area contributed by atoms with Gasteiger partial charge in [0.25, 0.3) is 0 Å². The Balaban J connectivity index is 2.33. The highest BCUT2D eigenvalue weighted by molar-refractivity contribution is 6.31. The summed E-state index contributed by atoms with van der Waals surface area (Å²) in [7, 11) is 1.61. The number of anilines is 1. The van der Waals surface area contributed by atoms with Crippen molar-refractivity contribution in [2.45, 2.75) is 26.2 Å². The Kier molecular flexibility index (Phi) is 4.77. The lowest BCUT2D eigenvalue weighted by molar-refractivity contribution is -0.120. The van der Waals surface area contributed by atoms with Gasteiger partial charge >= 0.3 is 0 Å². The second kappa shape index (κ2) is 6.41. The molecule has 0 aliphatic rings. The Labute approximate surface area is 136 Å². The van der Waals surface area contributed by atoms with Gasteiger partial charge in [-0.05, 0) is 44.5 Å². The van der Waals surface area contributed by atoms with E-state index in [4.69, 9.17) is 16.3 Å². The van der Waals surface area contributed by atoms with Crippen LogP contribution in [0.4, 0.5) is 5.69 Å². The van der Waals surface area contributed by atoms with Crippen LogP contribution in [0.1, 0.15) is 25.0 Å². The van der Waals surface area contributed by atoms with Gasteiger partial charge in [-0.25, -0.2) is 0 Å². The first-order chi connectivity index (χ1) is 10.4. The summed E-state index contributed by atoms with van der Waals surface area (Å²) in [6.45, 7) is 5.68. The number of nitrogens with one attached hydrogen (secondary N) is 1. The van der Waals surface area contributed by atoms with E-state index in [1.165, 1.54) is 0 Å². The van der Waals surface area contributed by atoms with Gasteiger partial charge in [-0.15, -0.1) is 0 Å². The molecule has 0 heterocycles. The number of aryl methyl sites for hydroxylation is 1. The lowest BCUT2D eigenvalue weighted by Crippen LogP contribution is -2.35. The molecule has 0 unspecified atom stereocenters. The second-order valence-corrected chi connectivity index (χ2v) is 6.18. The zero-order chi connectivity index (χ0) is 16.3. The molecule has 0 radical (unpaired) electrons. The zero-order valence-corrected chi connectivity index (χ0v) is 14.0. The van der Waals surface area contributed by atoms with Crippen LogP contribution in [0, 0.1) is 6.92 Å². The highest BCUT2D eigenvalue weighted by atomic mass is 35.5. The van der Waals surface area contributed by atoms with Crippen molar-refractivity contribution in [1.82, 2.24) is 0 Å². The molecule has 0 atom stereocenters. The lowest BCUT2D eigenvalue weighted by Gasteiger charge is -2.26. The number of para-hydroxylation sites is 1. The maximum absolute atomic E-state index is 12.8. The molecular weight excluding hydrogens is 298 g/mol. The van der Waals surface area contributed by atoms with E-state index in [-0.39, 0.29) is 5.91 Å². The molecule has 2 rings (SSSR count). The fourth-order valence-corrected chi connectivity index (χ4v) is 2.46. The maximum atomic E-state index is 12.8. The standard InChI is InChI=1S/C18H20ClNO2/c1-12-9-10-13(19)11-15(12)20-17(21)18(2,3)14-7-5-6-8-16(14)22-4/h5-11H,1-4H3,(H,20,21). The molecule has 4 heteroatoms. The second-order valence-electron chi connectivity index (χ2n) is 5.74. The van der Waals surface area contributed by atoms with Crippen LogP contribution in [0.15, 0.2) is 42.5 Å². The Morgan fingerprint density at radius 1 is 1.18 bits per heavy atom. The van der Waals surface area contributed by atoms with E-state index in [9.17, 15) is 4.79 Å². The molecule has 0 aromatic heterocycles. The van der Waals surface area contributed by atoms with E-state index in [2.05, 4.69) is 5.32 Å². The van der Waals surface area contributed by atoms with Crippen LogP contribution in [0.2, 0.25) is 5.02 Å². The predicted molar refractivity (Wildman–Crippen MR) is 90.8 cm³/mol. The first-order valence-electron chi connectivity index (χ1n) is 7.07. The number of carbonyl (C=O) groups excluding carboxylic acids is 1. The van der Waals surface area contributed by atoms with Crippen molar-refractivity contribution in [1.29, 1.82) is 0 Å². The number of hydrogen-bond donors (Lipinski definition) is 1. The fourth-order valence-electron chi connectivity index (χ4n) is 2.29. The first-order valence-corrected chi connectivity index (χ1v) is 7.45. The molecule has 22 heavy (non-hydrogen) atoms. The fraction of sp³-hybridized carbons (Fsp3) is 0.278. The molecule has 0 saturated carbocycles. The first kappa shape index (κ1) is 16.4. The predicted octanol–water partition coefficient (Wildman–Crippen LogP) is 4.57. The summed E-state index contributed by atoms with van der Waals surface area (Å²) in [6, 6.07) is 13.0. The molecule has 0 spiro atoms. The summed E-state index contributed by atoms with van der Waals surface area (Å²) >= 11 is 6.01. The Bertz CT molecular complexity index is 695. The quantitative estimate of drug-likeness (QED) is 0.896. The summed E-state index contributed by atoms with van der Waals surface area (Å²) in [6.07, 6.45) is 0. The monoisotopic (exact) mass is 317 g/mol. The maximum Gasteiger partial charge on any atom is 0.234 e. The molecule has 0 aliphatic heterocycles. The third-order valence-electron chi connectivity index (χ3n) is 3.80. The van der Waals surface area contributed by atoms with Crippen LogP contribution < -0.4 is 10.1 Å². The summed E-state index contributed by atoms with van der Waals surface area (Å²) in [5.41, 5.74) is 1.80. The van der Waals surface area contributed by atoms with Crippen molar-refractivity contribution in [2.24, 2.45) is 0 Å². The molecule has 3 nitrogen and oxygen atoms in total. The number of halogens is 1. The molecule has 0 aliphatic carbocycles. The number of carbonyl (C=O) groups is 1. The third-order valence-corrected chi connectivity index (χ3v) is 4.03. The highest BCUT2D eigenvalue weighted by Gasteiger charge is 2.32. The van der Waals surface area contributed by atoms with E-state index in [0.29, 0.717) is 10.8 Å². The number of methoxy groups -OCH3 is 1. The molecule has 2 aromatic carbocycles. The summed E-state index contributed by atoms with van der Waals surface area (Å²) in [4.78, 5) is 12.8. The SMILES string of the molecule is COc1ccccc1C(C)(C)C(=O)Nc1cc(Cl)ccc1C. The summed E-state index contributed by atoms with van der Waals surface area (Å²) < 4.78 is 5.37. The summed E-state index contributed by atoms with van der Waals surface area (Å²) in [5.74, 6) is 0.591. The van der Waals surface area contributed by atoms with Crippen molar-refractivity contribution >= 4 is 23.2 Å². The van der Waals surface area contributed by atoms with Crippen LogP contribution in [-0.4, -0.2) is 13.0 Å². The minimum absolute atomic E-state index is 0.109. The minimum Gasteiger partial charge on any atom is -0.496 e. The van der Waals surface area contributed by atoms with Crippen molar-refractivity contribution in [3.8, 4) is 5.75 Å². The van der Waals surface area contributed by atoms with Crippen molar-refractivity contribution in [3.63, 3.8) is 0 Å². The van der Waals surface area contributed by atoms with E-state index < -0.39 is 5.41 Å². The van der Waals surface area contributed by atoms with Crippen LogP contribution in [0.5, 0.6) is 5.75 Å². The van der Waals surface area contributed by atoms with Gasteiger partial charge in [0.05, 0.1) is 12.5 Å². The third kappa shape index (κ3) is 3.25. The minimum atomic E-state index is -0.735. The van der Waals surface area contributed by atoms with Crippen molar-refractivity contribution < 1.29 is 9.53 Å². The average Bonchev–Trinajstić information content (AvgIpc) is 2.50. The highest BCUT2D eigenvalue weighted by Crippen LogP contribution is 2.33. The number of benzene rings is 2. The normalized spacial score (nSPS) is 11.1. The molecular formula is C18H20ClNO2. The van der Waals surface area contributed by atoms with Crippen LogP contribution in [0.3, 0.4) is 0 Å². The van der Waals surface area contributed by atoms with E-state index in [1.54, 1.807) is 19.2 Å². The topological polar surface area (TPSA) is 38.3 Å². The molecule has 0 bridgehead atoms. The van der Waals surface area contributed by atoms with Gasteiger partial charge in [0, 0.05) is 16.3 Å². The van der Waals surface area contributed by atoms with Crippen LogP contribution in [-0.2, 0) is 10.2 Å². The lowest BCUT2D eigenvalue weighted by atomic mass is 9.83. The van der Waals surface area contributed by atoms with E-state index in [0.717, 1.165) is 16.8 Å². The molecule has 0 fully saturated rings. The van der Waals surface area contributed by atoms with Gasteiger partial charge in [-0.2, -0.15) is 0 Å². The van der Waals surface area contributed by atoms with Gasteiger partial charge in [-0.1, -0.05) is 35.9 Å². The van der Waals surface area contributed by atoms with E-state index in [1.807, 2.05) is 51.1 Å². The van der Waals surface area contributed by atoms with Gasteiger partial charge in [0.2, 0.25) is 5.91 Å². The molecule has 1 amide bonds. The van der Waals surface area contributed by atoms with Gasteiger partial charge in [-0.3, -0.25) is 4.79 Å². The van der Waals surface area contributed by atoms with Crippen LogP contribution in [0.25, 0.3) is 0 Å². The van der Waals surface area contributed by atoms with Gasteiger partial charge < -0.3 is 10.1 Å². The summed E-state index contributed by atoms with van der Waals surface area (Å²) in [5, 5.41) is 3.56. The smallest absolute Gasteiger partial charge is 0.234 e. The molecule has 2 aromatic rings. The molecule has 116 valence electrons. The van der Waals surface area contributed by atoms with Crippen molar-refractivity contribution in [3.05, 3.63) is 58.6 Å². The Morgan fingerprint density at radius 2 is 1.86 bits per heavy atom.